The molecular formula is C13H11N7O. The van der Waals surface area contributed by atoms with Crippen LogP contribution in [0.25, 0.3) is 17.1 Å². The van der Waals surface area contributed by atoms with Gasteiger partial charge in [0.15, 0.2) is 11.5 Å². The van der Waals surface area contributed by atoms with Gasteiger partial charge in [0, 0.05) is 12.4 Å². The van der Waals surface area contributed by atoms with E-state index >= 15 is 0 Å². The molecule has 0 spiro atoms. The van der Waals surface area contributed by atoms with Crippen LogP contribution < -0.4 is 5.32 Å². The fourth-order valence-corrected chi connectivity index (χ4v) is 2.02. The summed E-state index contributed by atoms with van der Waals surface area (Å²) in [4.78, 5) is 20.1. The van der Waals surface area contributed by atoms with E-state index in [1.54, 1.807) is 35.9 Å². The molecule has 4 rings (SSSR count). The van der Waals surface area contributed by atoms with Gasteiger partial charge < -0.3 is 14.7 Å². The van der Waals surface area contributed by atoms with Gasteiger partial charge in [0.05, 0.1) is 19.1 Å². The van der Waals surface area contributed by atoms with Crippen LogP contribution in [0.4, 0.5) is 5.82 Å². The van der Waals surface area contributed by atoms with Gasteiger partial charge in [-0.15, -0.1) is 0 Å². The molecule has 21 heavy (non-hydrogen) atoms. The lowest BCUT2D eigenvalue weighted by atomic mass is 10.4. The summed E-state index contributed by atoms with van der Waals surface area (Å²) in [5.74, 6) is 1.98. The van der Waals surface area contributed by atoms with Crippen LogP contribution in [-0.4, -0.2) is 29.5 Å². The van der Waals surface area contributed by atoms with E-state index in [0.29, 0.717) is 29.5 Å². The van der Waals surface area contributed by atoms with E-state index in [1.807, 2.05) is 12.1 Å². The van der Waals surface area contributed by atoms with Crippen LogP contribution in [0.2, 0.25) is 0 Å². The molecule has 8 heteroatoms. The van der Waals surface area contributed by atoms with Crippen LogP contribution in [-0.2, 0) is 6.54 Å². The summed E-state index contributed by atoms with van der Waals surface area (Å²) in [6, 6.07) is 3.74. The lowest BCUT2D eigenvalue weighted by Crippen LogP contribution is -2.06. The van der Waals surface area contributed by atoms with Gasteiger partial charge in [-0.25, -0.2) is 9.97 Å². The largest absolute Gasteiger partial charge is 0.467 e. The Morgan fingerprint density at radius 3 is 3.14 bits per heavy atom. The highest BCUT2D eigenvalue weighted by molar-refractivity contribution is 5.82. The van der Waals surface area contributed by atoms with Gasteiger partial charge in [-0.05, 0) is 12.1 Å². The molecule has 104 valence electrons. The first-order chi connectivity index (χ1) is 10.4. The maximum Gasteiger partial charge on any atom is 0.239 e. The second-order valence-electron chi connectivity index (χ2n) is 4.37. The molecule has 4 heterocycles. The Balaban J connectivity index is 1.73. The summed E-state index contributed by atoms with van der Waals surface area (Å²) < 4.78 is 7.04. The maximum absolute atomic E-state index is 5.30. The molecule has 4 aromatic rings. The Hall–Kier alpha value is -3.16. The highest BCUT2D eigenvalue weighted by atomic mass is 16.3. The fourth-order valence-electron chi connectivity index (χ4n) is 2.02. The topological polar surface area (TPSA) is 97.5 Å². The SMILES string of the molecule is c1coc(CNc2nc(-n3ccnc3)nc3[nH]cnc23)c1. The molecule has 0 fully saturated rings. The lowest BCUT2D eigenvalue weighted by Gasteiger charge is -2.07. The minimum Gasteiger partial charge on any atom is -0.467 e. The van der Waals surface area contributed by atoms with E-state index < -0.39 is 0 Å². The molecule has 0 radical (unpaired) electrons. The van der Waals surface area contributed by atoms with Gasteiger partial charge in [0.1, 0.15) is 17.6 Å². The Bertz CT molecular complexity index is 848. The number of nitrogens with zero attached hydrogens (tertiary/aromatic N) is 5. The van der Waals surface area contributed by atoms with Gasteiger partial charge in [0.2, 0.25) is 5.95 Å². The van der Waals surface area contributed by atoms with Gasteiger partial charge in [0.25, 0.3) is 0 Å². The number of furan rings is 1. The zero-order valence-corrected chi connectivity index (χ0v) is 10.9. The van der Waals surface area contributed by atoms with E-state index in [1.165, 1.54) is 0 Å². The molecule has 0 atom stereocenters. The molecule has 0 unspecified atom stereocenters. The third-order valence-electron chi connectivity index (χ3n) is 3.01. The minimum atomic E-state index is 0.520. The smallest absolute Gasteiger partial charge is 0.239 e. The number of H-pyrrole nitrogens is 1. The van der Waals surface area contributed by atoms with E-state index in [4.69, 9.17) is 4.42 Å². The van der Waals surface area contributed by atoms with Crippen molar-refractivity contribution in [3.05, 3.63) is 49.2 Å². The average molecular weight is 281 g/mol. The first-order valence-electron chi connectivity index (χ1n) is 6.36. The summed E-state index contributed by atoms with van der Waals surface area (Å²) in [6.45, 7) is 0.523. The zero-order valence-electron chi connectivity index (χ0n) is 10.9. The second kappa shape index (κ2) is 4.75. The Morgan fingerprint density at radius 2 is 2.33 bits per heavy atom. The van der Waals surface area contributed by atoms with Crippen LogP contribution in [0.1, 0.15) is 5.76 Å². The van der Waals surface area contributed by atoms with E-state index in [9.17, 15) is 0 Å². The first kappa shape index (κ1) is 11.6. The molecule has 2 N–H and O–H groups in total. The van der Waals surface area contributed by atoms with Crippen LogP contribution in [0, 0.1) is 0 Å². The normalized spacial score (nSPS) is 11.0. The van der Waals surface area contributed by atoms with Crippen LogP contribution in [0.15, 0.2) is 47.9 Å². The summed E-state index contributed by atoms with van der Waals surface area (Å²) in [6.07, 6.45) is 8.34. The summed E-state index contributed by atoms with van der Waals surface area (Å²) in [5.41, 5.74) is 1.35. The number of imidazole rings is 2. The number of anilines is 1. The number of hydrogen-bond donors (Lipinski definition) is 2. The van der Waals surface area contributed by atoms with Gasteiger partial charge in [-0.2, -0.15) is 9.97 Å². The van der Waals surface area contributed by atoms with Crippen molar-refractivity contribution in [1.82, 2.24) is 29.5 Å². The van der Waals surface area contributed by atoms with Crippen molar-refractivity contribution in [3.8, 4) is 5.95 Å². The molecule has 4 aromatic heterocycles. The number of hydrogen-bond acceptors (Lipinski definition) is 6. The van der Waals surface area contributed by atoms with Crippen molar-refractivity contribution < 1.29 is 4.42 Å². The van der Waals surface area contributed by atoms with Crippen molar-refractivity contribution in [1.29, 1.82) is 0 Å². The average Bonchev–Trinajstić information content (AvgIpc) is 3.24. The number of nitrogens with one attached hydrogen (secondary N) is 2. The van der Waals surface area contributed by atoms with Crippen molar-refractivity contribution in [2.45, 2.75) is 6.54 Å². The molecule has 0 saturated heterocycles. The van der Waals surface area contributed by atoms with Crippen molar-refractivity contribution in [3.63, 3.8) is 0 Å². The molecule has 0 bridgehead atoms. The lowest BCUT2D eigenvalue weighted by molar-refractivity contribution is 0.518. The third-order valence-corrected chi connectivity index (χ3v) is 3.01. The Kier molecular flexibility index (Phi) is 2.63. The Labute approximate surface area is 118 Å². The molecule has 0 aliphatic carbocycles. The maximum atomic E-state index is 5.30. The number of fused-ring (bicyclic) bond motifs is 1. The van der Waals surface area contributed by atoms with Crippen LogP contribution >= 0.6 is 0 Å². The summed E-state index contributed by atoms with van der Waals surface area (Å²) in [7, 11) is 0. The monoisotopic (exact) mass is 281 g/mol. The minimum absolute atomic E-state index is 0.520. The molecule has 0 aromatic carbocycles. The molecule has 8 nitrogen and oxygen atoms in total. The predicted octanol–water partition coefficient (Wildman–Crippen LogP) is 1.74. The van der Waals surface area contributed by atoms with Crippen molar-refractivity contribution >= 4 is 17.0 Å². The standard InChI is InChI=1S/C13H11N7O/c1-2-9(21-5-1)6-15-11-10-12(17-7-16-10)19-13(18-11)20-4-3-14-8-20/h1-5,7-8H,6H2,(H2,15,16,17,18,19). The zero-order chi connectivity index (χ0) is 14.1. The quantitative estimate of drug-likeness (QED) is 0.591. The van der Waals surface area contributed by atoms with Gasteiger partial charge in [-0.1, -0.05) is 0 Å². The molecule has 0 aliphatic rings. The molecule has 0 amide bonds. The van der Waals surface area contributed by atoms with Crippen molar-refractivity contribution in [2.24, 2.45) is 0 Å². The highest BCUT2D eigenvalue weighted by Crippen LogP contribution is 2.19. The number of aromatic nitrogens is 6. The summed E-state index contributed by atoms with van der Waals surface area (Å²) >= 11 is 0. The number of aromatic amines is 1. The van der Waals surface area contributed by atoms with Gasteiger partial charge >= 0.3 is 0 Å². The van der Waals surface area contributed by atoms with Crippen LogP contribution in [0.5, 0.6) is 0 Å². The molecule has 0 saturated carbocycles. The molecular weight excluding hydrogens is 270 g/mol. The first-order valence-corrected chi connectivity index (χ1v) is 6.36. The van der Waals surface area contributed by atoms with Crippen molar-refractivity contribution in [2.75, 3.05) is 5.32 Å². The van der Waals surface area contributed by atoms with Gasteiger partial charge in [-0.3, -0.25) is 4.57 Å². The Morgan fingerprint density at radius 1 is 1.33 bits per heavy atom. The van der Waals surface area contributed by atoms with E-state index in [0.717, 1.165) is 5.76 Å². The predicted molar refractivity (Wildman–Crippen MR) is 74.8 cm³/mol. The second-order valence-corrected chi connectivity index (χ2v) is 4.37. The van der Waals surface area contributed by atoms with E-state index in [-0.39, 0.29) is 0 Å². The fraction of sp³-hybridized carbons (Fsp3) is 0.0769. The van der Waals surface area contributed by atoms with Crippen LogP contribution in [0.3, 0.4) is 0 Å². The highest BCUT2D eigenvalue weighted by Gasteiger charge is 2.11. The molecule has 0 aliphatic heterocycles. The summed E-state index contributed by atoms with van der Waals surface area (Å²) in [5, 5.41) is 3.22. The van der Waals surface area contributed by atoms with E-state index in [2.05, 4.69) is 30.2 Å². The number of rotatable bonds is 4. The third kappa shape index (κ3) is 2.12.